The Balaban J connectivity index is 1.74. The van der Waals surface area contributed by atoms with Crippen LogP contribution in [0.1, 0.15) is 52.2 Å². The van der Waals surface area contributed by atoms with Gasteiger partial charge in [0.1, 0.15) is 18.3 Å². The molecule has 2 aliphatic rings. The van der Waals surface area contributed by atoms with Gasteiger partial charge in [-0.2, -0.15) is 0 Å². The molecule has 0 amide bonds. The number of nitrogens with zero attached hydrogens (tertiary/aromatic N) is 1. The van der Waals surface area contributed by atoms with Crippen molar-refractivity contribution in [3.05, 3.63) is 83.9 Å². The minimum atomic E-state index is -0.965. The van der Waals surface area contributed by atoms with Gasteiger partial charge in [0.25, 0.3) is 0 Å². The maximum Gasteiger partial charge on any atom is 0.333 e. The van der Waals surface area contributed by atoms with Crippen LogP contribution in [0, 0.1) is 0 Å². The summed E-state index contributed by atoms with van der Waals surface area (Å²) in [5.74, 6) is -2.54. The topological polar surface area (TPSA) is 83.5 Å². The van der Waals surface area contributed by atoms with Crippen molar-refractivity contribution in [2.75, 3.05) is 13.2 Å². The van der Waals surface area contributed by atoms with Crippen LogP contribution in [0.3, 0.4) is 0 Å². The van der Waals surface area contributed by atoms with Gasteiger partial charge in [0.2, 0.25) is 0 Å². The number of ether oxygens (including phenoxy) is 5. The van der Waals surface area contributed by atoms with E-state index in [9.17, 15) is 9.59 Å². The van der Waals surface area contributed by atoms with Crippen molar-refractivity contribution in [1.82, 2.24) is 4.90 Å². The molecule has 216 valence electrons. The highest BCUT2D eigenvalue weighted by molar-refractivity contribution is 5.97. The van der Waals surface area contributed by atoms with Crippen molar-refractivity contribution < 1.29 is 33.3 Å². The highest BCUT2D eigenvalue weighted by atomic mass is 16.8. The zero-order valence-electron chi connectivity index (χ0n) is 24.1. The van der Waals surface area contributed by atoms with Crippen molar-refractivity contribution in [3.8, 4) is 0 Å². The first kappa shape index (κ1) is 30.1. The van der Waals surface area contributed by atoms with E-state index >= 15 is 0 Å². The largest absolute Gasteiger partial charge is 0.463 e. The number of hydrogen-bond donors (Lipinski definition) is 0. The molecule has 0 radical (unpaired) electrons. The first-order valence-corrected chi connectivity index (χ1v) is 13.8. The third-order valence-corrected chi connectivity index (χ3v) is 7.00. The molecule has 2 saturated heterocycles. The summed E-state index contributed by atoms with van der Waals surface area (Å²) in [5, 5.41) is 0. The van der Waals surface area contributed by atoms with Crippen molar-refractivity contribution in [3.63, 3.8) is 0 Å². The van der Waals surface area contributed by atoms with Gasteiger partial charge in [-0.25, -0.2) is 4.79 Å². The van der Waals surface area contributed by atoms with Gasteiger partial charge in [0.15, 0.2) is 17.4 Å². The molecule has 0 spiro atoms. The fraction of sp³-hybridized carbons (Fsp3) is 0.500. The Morgan fingerprint density at radius 3 is 2.00 bits per heavy atom. The first-order valence-electron chi connectivity index (χ1n) is 13.8. The summed E-state index contributed by atoms with van der Waals surface area (Å²) in [6.45, 7) is 14.4. The summed E-state index contributed by atoms with van der Waals surface area (Å²) in [4.78, 5) is 28.8. The minimum Gasteiger partial charge on any atom is -0.463 e. The van der Waals surface area contributed by atoms with Gasteiger partial charge >= 0.3 is 5.97 Å². The maximum absolute atomic E-state index is 14.3. The van der Waals surface area contributed by atoms with Crippen molar-refractivity contribution in [1.29, 1.82) is 0 Å². The van der Waals surface area contributed by atoms with Gasteiger partial charge in [0, 0.05) is 25.1 Å². The van der Waals surface area contributed by atoms with E-state index in [0.29, 0.717) is 19.7 Å². The number of esters is 1. The van der Waals surface area contributed by atoms with E-state index in [4.69, 9.17) is 23.7 Å². The maximum atomic E-state index is 14.3. The molecule has 0 aliphatic carbocycles. The first-order chi connectivity index (χ1) is 19.0. The van der Waals surface area contributed by atoms with E-state index in [-0.39, 0.29) is 24.4 Å². The lowest BCUT2D eigenvalue weighted by molar-refractivity contribution is -0.175. The second-order valence-corrected chi connectivity index (χ2v) is 11.2. The Morgan fingerprint density at radius 2 is 1.50 bits per heavy atom. The highest BCUT2D eigenvalue weighted by Crippen LogP contribution is 2.39. The molecule has 0 unspecified atom stereocenters. The minimum absolute atomic E-state index is 0.104. The Kier molecular flexibility index (Phi) is 9.59. The molecule has 0 bridgehead atoms. The number of rotatable bonds is 12. The average Bonchev–Trinajstić information content (AvgIpc) is 3.43. The van der Waals surface area contributed by atoms with Crippen LogP contribution in [-0.4, -0.2) is 65.8 Å². The third kappa shape index (κ3) is 7.65. The molecule has 2 aliphatic heterocycles. The van der Waals surface area contributed by atoms with Crippen LogP contribution >= 0.6 is 0 Å². The Bertz CT molecular complexity index is 1120. The summed E-state index contributed by atoms with van der Waals surface area (Å²) in [6, 6.07) is 19.1. The van der Waals surface area contributed by atoms with Gasteiger partial charge in [-0.1, -0.05) is 67.2 Å². The van der Waals surface area contributed by atoms with Crippen LogP contribution in [0.15, 0.2) is 72.8 Å². The zero-order valence-corrected chi connectivity index (χ0v) is 24.1. The molecule has 0 saturated carbocycles. The van der Waals surface area contributed by atoms with Gasteiger partial charge in [-0.3, -0.25) is 9.69 Å². The number of carbonyl (C=O) groups excluding carboxylic acids is 2. The molecule has 8 nitrogen and oxygen atoms in total. The van der Waals surface area contributed by atoms with Crippen LogP contribution < -0.4 is 0 Å². The molecule has 0 aromatic heterocycles. The predicted molar refractivity (Wildman–Crippen MR) is 150 cm³/mol. The molecular formula is C32H41NO7. The molecule has 4 atom stereocenters. The fourth-order valence-corrected chi connectivity index (χ4v) is 5.33. The lowest BCUT2D eigenvalue weighted by atomic mass is 9.92. The Hall–Kier alpha value is -2.88. The van der Waals surface area contributed by atoms with E-state index in [1.807, 2.05) is 88.4 Å². The lowest BCUT2D eigenvalue weighted by Gasteiger charge is -2.37. The van der Waals surface area contributed by atoms with E-state index in [1.54, 1.807) is 6.92 Å². The molecule has 0 N–H and O–H groups in total. The van der Waals surface area contributed by atoms with Gasteiger partial charge in [0.05, 0.1) is 19.3 Å². The van der Waals surface area contributed by atoms with Crippen LogP contribution in [0.25, 0.3) is 0 Å². The zero-order chi connectivity index (χ0) is 28.9. The van der Waals surface area contributed by atoms with Gasteiger partial charge in [-0.05, 0) is 45.7 Å². The summed E-state index contributed by atoms with van der Waals surface area (Å²) >= 11 is 0. The number of hydrogen-bond acceptors (Lipinski definition) is 8. The number of benzene rings is 2. The van der Waals surface area contributed by atoms with Crippen LogP contribution in [0.2, 0.25) is 0 Å². The molecule has 2 aromatic carbocycles. The predicted octanol–water partition coefficient (Wildman–Crippen LogP) is 4.81. The van der Waals surface area contributed by atoms with E-state index in [0.717, 1.165) is 11.1 Å². The van der Waals surface area contributed by atoms with E-state index < -0.39 is 41.9 Å². The van der Waals surface area contributed by atoms with Gasteiger partial charge in [-0.15, -0.1) is 0 Å². The highest BCUT2D eigenvalue weighted by Gasteiger charge is 2.54. The molecule has 2 fully saturated rings. The second-order valence-electron chi connectivity index (χ2n) is 11.2. The Morgan fingerprint density at radius 1 is 0.925 bits per heavy atom. The molecule has 4 rings (SSSR count). The number of ketones is 1. The lowest BCUT2D eigenvalue weighted by Crippen LogP contribution is -2.54. The standard InChI is InChI=1S/C32H41NO7/c1-7-36-30(35)22(2)18-25(34)27(29-28(39-32(5,6)40-29)26-21-37-31(3,4)38-26)33(19-23-14-10-8-11-15-23)20-24-16-12-9-13-17-24/h8-17,26-29H,2,7,18-21H2,1,3-6H3/t26-,27-,28-,29-/m1/s1. The smallest absolute Gasteiger partial charge is 0.333 e. The van der Waals surface area contributed by atoms with Crippen molar-refractivity contribution in [2.45, 2.75) is 90.1 Å². The monoisotopic (exact) mass is 551 g/mol. The second kappa shape index (κ2) is 12.7. The van der Waals surface area contributed by atoms with Crippen molar-refractivity contribution >= 4 is 11.8 Å². The van der Waals surface area contributed by atoms with Crippen molar-refractivity contribution in [2.24, 2.45) is 0 Å². The third-order valence-electron chi connectivity index (χ3n) is 7.00. The van der Waals surface area contributed by atoms with E-state index in [1.165, 1.54) is 0 Å². The fourth-order valence-electron chi connectivity index (χ4n) is 5.33. The molecule has 2 aromatic rings. The normalized spacial score (nSPS) is 24.1. The summed E-state index contributed by atoms with van der Waals surface area (Å²) in [7, 11) is 0. The summed E-state index contributed by atoms with van der Waals surface area (Å²) in [6.07, 6.45) is -1.91. The van der Waals surface area contributed by atoms with Crippen LogP contribution in [-0.2, 0) is 46.4 Å². The van der Waals surface area contributed by atoms with E-state index in [2.05, 4.69) is 11.5 Å². The summed E-state index contributed by atoms with van der Waals surface area (Å²) in [5.41, 5.74) is 2.18. The average molecular weight is 552 g/mol. The number of carbonyl (C=O) groups is 2. The Labute approximate surface area is 237 Å². The summed E-state index contributed by atoms with van der Waals surface area (Å²) < 4.78 is 30.1. The quantitative estimate of drug-likeness (QED) is 0.275. The van der Waals surface area contributed by atoms with Gasteiger partial charge < -0.3 is 23.7 Å². The molecule has 8 heteroatoms. The van der Waals surface area contributed by atoms with Crippen LogP contribution in [0.4, 0.5) is 0 Å². The molecule has 2 heterocycles. The SMILES string of the molecule is C=C(CC(=O)[C@H]([C@H]1OC(C)(C)O[C@@H]1[C@H]1COC(C)(C)O1)N(Cc1ccccc1)Cc1ccccc1)C(=O)OCC. The number of Topliss-reactive ketones (excluding diaryl/α,β-unsaturated/α-hetero) is 1. The van der Waals surface area contributed by atoms with Crippen LogP contribution in [0.5, 0.6) is 0 Å². The molecular weight excluding hydrogens is 510 g/mol. The molecule has 40 heavy (non-hydrogen) atoms.